The molecule has 2 N–H and O–H groups in total. The number of hydrogen-bond donors (Lipinski definition) is 2. The molecule has 2 fully saturated rings. The number of nitrogens with one attached hydrogen (secondary N) is 1. The van der Waals surface area contributed by atoms with E-state index in [2.05, 4.69) is 16.4 Å². The minimum absolute atomic E-state index is 0.0745. The van der Waals surface area contributed by atoms with Gasteiger partial charge in [0, 0.05) is 43.2 Å². The first-order chi connectivity index (χ1) is 19.7. The van der Waals surface area contributed by atoms with Crippen molar-refractivity contribution in [2.45, 2.75) is 65.1 Å². The number of rotatable bonds is 5. The van der Waals surface area contributed by atoms with Gasteiger partial charge in [0.25, 0.3) is 0 Å². The van der Waals surface area contributed by atoms with Crippen molar-refractivity contribution in [3.63, 3.8) is 0 Å². The lowest BCUT2D eigenvalue weighted by molar-refractivity contribution is -0.131. The Hall–Kier alpha value is -4.15. The second-order valence-corrected chi connectivity index (χ2v) is 12.6. The molecule has 2 amide bonds. The highest BCUT2D eigenvalue weighted by Gasteiger charge is 2.45. The predicted molar refractivity (Wildman–Crippen MR) is 151 cm³/mol. The quantitative estimate of drug-likeness (QED) is 0.477. The Morgan fingerprint density at radius 1 is 1.12 bits per heavy atom. The van der Waals surface area contributed by atoms with Gasteiger partial charge in [-0.3, -0.25) is 14.3 Å². The van der Waals surface area contributed by atoms with Crippen LogP contribution in [0, 0.1) is 11.3 Å². The molecule has 1 aliphatic carbocycles. The van der Waals surface area contributed by atoms with E-state index >= 15 is 0 Å². The van der Waals surface area contributed by atoms with Crippen LogP contribution < -0.4 is 10.1 Å². The van der Waals surface area contributed by atoms with E-state index in [1.54, 1.807) is 6.20 Å². The number of likely N-dealkylation sites (tertiary alicyclic amines) is 1. The monoisotopic (exact) mass is 557 g/mol. The second-order valence-electron chi connectivity index (χ2n) is 12.6. The molecule has 2 atom stereocenters. The van der Waals surface area contributed by atoms with E-state index in [1.807, 2.05) is 48.4 Å². The van der Waals surface area contributed by atoms with Gasteiger partial charge in [-0.2, -0.15) is 4.98 Å². The van der Waals surface area contributed by atoms with Crippen LogP contribution in [-0.4, -0.2) is 72.2 Å². The van der Waals surface area contributed by atoms with Gasteiger partial charge in [0.15, 0.2) is 0 Å². The molecule has 11 nitrogen and oxygen atoms in total. The zero-order valence-electron chi connectivity index (χ0n) is 23.6. The van der Waals surface area contributed by atoms with Crippen molar-refractivity contribution in [2.24, 2.45) is 11.3 Å². The highest BCUT2D eigenvalue weighted by molar-refractivity contribution is 5.81. The maximum Gasteiger partial charge on any atom is 0.408 e. The molecule has 0 bridgehead atoms. The first kappa shape index (κ1) is 25.8. The predicted octanol–water partition coefficient (Wildman–Crippen LogP) is 4.27. The molecular weight excluding hydrogens is 522 g/mol. The number of carboxylic acid groups (broad SMARTS) is 1. The lowest BCUT2D eigenvalue weighted by Crippen LogP contribution is -2.36. The number of fused-ring (bicyclic) bond motifs is 2. The average Bonchev–Trinajstić information content (AvgIpc) is 3.25. The van der Waals surface area contributed by atoms with E-state index in [9.17, 15) is 14.7 Å². The molecule has 11 heteroatoms. The van der Waals surface area contributed by atoms with Crippen LogP contribution in [0.15, 0.2) is 30.5 Å². The van der Waals surface area contributed by atoms with Gasteiger partial charge in [0.1, 0.15) is 17.4 Å². The van der Waals surface area contributed by atoms with Crippen LogP contribution in [0.25, 0.3) is 17.2 Å². The van der Waals surface area contributed by atoms with Crippen LogP contribution in [0.5, 0.6) is 5.75 Å². The van der Waals surface area contributed by atoms with Crippen LogP contribution in [0.1, 0.15) is 63.0 Å². The van der Waals surface area contributed by atoms with Gasteiger partial charge in [-0.25, -0.2) is 14.8 Å². The third-order valence-corrected chi connectivity index (χ3v) is 8.54. The van der Waals surface area contributed by atoms with Crippen molar-refractivity contribution in [1.29, 1.82) is 0 Å². The number of ether oxygens (including phenoxy) is 1. The Morgan fingerprint density at radius 2 is 1.95 bits per heavy atom. The van der Waals surface area contributed by atoms with Crippen molar-refractivity contribution in [3.05, 3.63) is 47.4 Å². The van der Waals surface area contributed by atoms with Crippen molar-refractivity contribution in [2.75, 3.05) is 25.0 Å². The van der Waals surface area contributed by atoms with E-state index in [4.69, 9.17) is 14.7 Å². The Morgan fingerprint density at radius 3 is 2.71 bits per heavy atom. The summed E-state index contributed by atoms with van der Waals surface area (Å²) < 4.78 is 7.72. The Labute approximate surface area is 238 Å². The molecule has 2 unspecified atom stereocenters. The first-order valence-corrected chi connectivity index (χ1v) is 14.4. The summed E-state index contributed by atoms with van der Waals surface area (Å²) in [5, 5.41) is 13.5. The maximum atomic E-state index is 12.5. The number of aromatic nitrogens is 4. The summed E-state index contributed by atoms with van der Waals surface area (Å²) in [4.78, 5) is 42.8. The number of carbonyl (C=O) groups is 2. The fourth-order valence-corrected chi connectivity index (χ4v) is 6.46. The van der Waals surface area contributed by atoms with Crippen molar-refractivity contribution in [3.8, 4) is 23.0 Å². The number of carbonyl (C=O) groups excluding carboxylic acids is 1. The summed E-state index contributed by atoms with van der Waals surface area (Å²) in [7, 11) is 0. The Kier molecular flexibility index (Phi) is 5.95. The Balaban J connectivity index is 1.27. The lowest BCUT2D eigenvalue weighted by atomic mass is 9.85. The van der Waals surface area contributed by atoms with E-state index < -0.39 is 12.1 Å². The second kappa shape index (κ2) is 9.46. The Bertz CT molecular complexity index is 1540. The topological polar surface area (TPSA) is 126 Å². The van der Waals surface area contributed by atoms with Gasteiger partial charge in [-0.1, -0.05) is 20.8 Å². The van der Waals surface area contributed by atoms with Crippen LogP contribution in [0.2, 0.25) is 0 Å². The van der Waals surface area contributed by atoms with Crippen molar-refractivity contribution in [1.82, 2.24) is 29.3 Å². The molecule has 1 saturated carbocycles. The number of amides is 2. The average molecular weight is 558 g/mol. The molecule has 41 heavy (non-hydrogen) atoms. The molecular formula is C30H35N7O4. The van der Waals surface area contributed by atoms with Gasteiger partial charge in [-0.05, 0) is 54.5 Å². The molecule has 1 saturated heterocycles. The van der Waals surface area contributed by atoms with E-state index in [1.165, 1.54) is 4.90 Å². The van der Waals surface area contributed by atoms with Gasteiger partial charge in [0.05, 0.1) is 30.6 Å². The first-order valence-electron chi connectivity index (χ1n) is 14.4. The summed E-state index contributed by atoms with van der Waals surface area (Å²) >= 11 is 0. The molecule has 3 aromatic rings. The van der Waals surface area contributed by atoms with E-state index in [0.29, 0.717) is 24.9 Å². The number of anilines is 1. The molecule has 2 aromatic heterocycles. The normalized spacial score (nSPS) is 21.5. The molecule has 0 spiro atoms. The molecule has 7 rings (SSSR count). The summed E-state index contributed by atoms with van der Waals surface area (Å²) in [5.41, 5.74) is 3.26. The lowest BCUT2D eigenvalue weighted by Gasteiger charge is -2.33. The molecule has 214 valence electrons. The summed E-state index contributed by atoms with van der Waals surface area (Å²) in [6.07, 6.45) is 4.43. The molecule has 5 heterocycles. The van der Waals surface area contributed by atoms with E-state index in [0.717, 1.165) is 66.3 Å². The molecule has 0 radical (unpaired) electrons. The van der Waals surface area contributed by atoms with Gasteiger partial charge in [-0.15, -0.1) is 0 Å². The van der Waals surface area contributed by atoms with Gasteiger partial charge >= 0.3 is 6.09 Å². The number of imidazole rings is 1. The van der Waals surface area contributed by atoms with Crippen LogP contribution in [0.3, 0.4) is 0 Å². The summed E-state index contributed by atoms with van der Waals surface area (Å²) in [5.74, 6) is 3.18. The summed E-state index contributed by atoms with van der Waals surface area (Å²) in [6, 6.07) is 7.60. The highest BCUT2D eigenvalue weighted by atomic mass is 16.5. The van der Waals surface area contributed by atoms with Crippen LogP contribution in [0.4, 0.5) is 10.7 Å². The minimum atomic E-state index is -0.970. The number of hydrogen-bond acceptors (Lipinski definition) is 7. The zero-order valence-corrected chi connectivity index (χ0v) is 23.6. The highest BCUT2D eigenvalue weighted by Crippen LogP contribution is 2.47. The fraction of sp³-hybridized carbons (Fsp3) is 0.500. The van der Waals surface area contributed by atoms with Crippen molar-refractivity contribution < 1.29 is 19.4 Å². The van der Waals surface area contributed by atoms with Crippen molar-refractivity contribution >= 4 is 17.9 Å². The fourth-order valence-electron chi connectivity index (χ4n) is 6.46. The third-order valence-electron chi connectivity index (χ3n) is 8.54. The van der Waals surface area contributed by atoms with Gasteiger partial charge < -0.3 is 20.1 Å². The minimum Gasteiger partial charge on any atom is -0.493 e. The number of benzene rings is 1. The molecule has 4 aliphatic rings. The molecule has 3 aliphatic heterocycles. The van der Waals surface area contributed by atoms with Crippen LogP contribution >= 0.6 is 0 Å². The number of nitrogens with zero attached hydrogens (tertiary/aromatic N) is 6. The SMILES string of the molecule is CC(C)(C)C1c2nc(-c3ccc4c(c3)CCO4)n(-c3ccnc(NC4CCN(C(=O)C5CC5)C4)n3)c2CN1C(=O)O. The van der Waals surface area contributed by atoms with Gasteiger partial charge in [0.2, 0.25) is 11.9 Å². The molecule has 1 aromatic carbocycles. The zero-order chi connectivity index (χ0) is 28.5. The smallest absolute Gasteiger partial charge is 0.408 e. The van der Waals surface area contributed by atoms with Crippen LogP contribution in [-0.2, 0) is 17.8 Å². The van der Waals surface area contributed by atoms with E-state index in [-0.39, 0.29) is 29.8 Å². The maximum absolute atomic E-state index is 12.5. The third kappa shape index (κ3) is 4.57. The summed E-state index contributed by atoms with van der Waals surface area (Å²) in [6.45, 7) is 8.38. The standard InChI is InChI=1S/C30H35N7O4/c1-30(2,3)25-24-21(16-36(25)29(39)40)37(26(34-24)19-6-7-22-18(14-19)10-13-41-22)23-8-11-31-28(33-23)32-20-9-12-35(15-20)27(38)17-4-5-17/h6-8,11,14,17,20,25H,4-5,9-10,12-13,15-16H2,1-3H3,(H,39,40)(H,31,32,33). The largest absolute Gasteiger partial charge is 0.493 e.